The molecule has 0 radical (unpaired) electrons. The van der Waals surface area contributed by atoms with E-state index in [4.69, 9.17) is 4.74 Å². The predicted molar refractivity (Wildman–Crippen MR) is 111 cm³/mol. The molecule has 1 aliphatic rings. The van der Waals surface area contributed by atoms with Crippen LogP contribution < -0.4 is 5.32 Å². The molecule has 1 aliphatic heterocycles. The second-order valence-corrected chi connectivity index (χ2v) is 7.26. The third-order valence-corrected chi connectivity index (χ3v) is 5.35. The number of morpholine rings is 1. The molecule has 0 bridgehead atoms. The molecule has 0 spiro atoms. The number of aromatic nitrogens is 3. The number of amides is 1. The van der Waals surface area contributed by atoms with Crippen molar-refractivity contribution in [1.29, 1.82) is 0 Å². The third kappa shape index (κ3) is 4.41. The number of nitrogens with zero attached hydrogens (tertiary/aromatic N) is 4. The molecule has 1 aromatic carbocycles. The number of carbonyl (C=O) groups excluding carboxylic acids is 1. The van der Waals surface area contributed by atoms with E-state index < -0.39 is 0 Å². The minimum atomic E-state index is -0.117. The maximum Gasteiger partial charge on any atom is 0.251 e. The monoisotopic (exact) mass is 391 g/mol. The Morgan fingerprint density at radius 3 is 2.62 bits per heavy atom. The van der Waals surface area contributed by atoms with Gasteiger partial charge in [-0.25, -0.2) is 9.97 Å². The average Bonchev–Trinajstić information content (AvgIpc) is 2.76. The zero-order valence-electron chi connectivity index (χ0n) is 16.8. The van der Waals surface area contributed by atoms with Gasteiger partial charge in [-0.1, -0.05) is 6.07 Å². The van der Waals surface area contributed by atoms with Crippen molar-refractivity contribution in [3.63, 3.8) is 0 Å². The van der Waals surface area contributed by atoms with Gasteiger partial charge in [-0.15, -0.1) is 0 Å². The van der Waals surface area contributed by atoms with Crippen LogP contribution in [0.3, 0.4) is 0 Å². The molecule has 0 saturated carbocycles. The lowest BCUT2D eigenvalue weighted by Gasteiger charge is -2.34. The van der Waals surface area contributed by atoms with E-state index in [9.17, 15) is 4.79 Å². The third-order valence-electron chi connectivity index (χ3n) is 5.35. The molecular formula is C22H25N5O2. The highest BCUT2D eigenvalue weighted by Gasteiger charge is 2.23. The Kier molecular flexibility index (Phi) is 5.78. The molecule has 1 amide bonds. The van der Waals surface area contributed by atoms with Gasteiger partial charge in [0.1, 0.15) is 0 Å². The molecule has 150 valence electrons. The Morgan fingerprint density at radius 2 is 1.90 bits per heavy atom. The summed E-state index contributed by atoms with van der Waals surface area (Å²) in [5.74, 6) is -0.117. The number of benzene rings is 1. The summed E-state index contributed by atoms with van der Waals surface area (Å²) in [6.07, 6.45) is 3.63. The van der Waals surface area contributed by atoms with Gasteiger partial charge in [-0.2, -0.15) is 0 Å². The molecule has 1 atom stereocenters. The fourth-order valence-electron chi connectivity index (χ4n) is 3.58. The molecule has 3 aromatic rings. The first-order chi connectivity index (χ1) is 14.1. The van der Waals surface area contributed by atoms with Crippen LogP contribution in [0, 0.1) is 13.8 Å². The van der Waals surface area contributed by atoms with E-state index in [0.29, 0.717) is 25.3 Å². The van der Waals surface area contributed by atoms with Crippen LogP contribution in [0.25, 0.3) is 11.0 Å². The fourth-order valence-corrected chi connectivity index (χ4v) is 3.58. The van der Waals surface area contributed by atoms with Crippen molar-refractivity contribution in [2.75, 3.05) is 32.8 Å². The van der Waals surface area contributed by atoms with Crippen LogP contribution >= 0.6 is 0 Å². The van der Waals surface area contributed by atoms with Gasteiger partial charge >= 0.3 is 0 Å². The van der Waals surface area contributed by atoms with E-state index in [2.05, 4.69) is 31.2 Å². The Hall–Kier alpha value is -2.90. The summed E-state index contributed by atoms with van der Waals surface area (Å²) in [4.78, 5) is 28.5. The van der Waals surface area contributed by atoms with Crippen LogP contribution in [0.4, 0.5) is 0 Å². The molecular weight excluding hydrogens is 366 g/mol. The van der Waals surface area contributed by atoms with Crippen molar-refractivity contribution in [3.8, 4) is 0 Å². The average molecular weight is 391 g/mol. The van der Waals surface area contributed by atoms with Crippen LogP contribution in [0.1, 0.15) is 33.4 Å². The summed E-state index contributed by atoms with van der Waals surface area (Å²) in [6.45, 7) is 7.43. The van der Waals surface area contributed by atoms with Crippen molar-refractivity contribution in [2.24, 2.45) is 0 Å². The smallest absolute Gasteiger partial charge is 0.251 e. The first-order valence-corrected chi connectivity index (χ1v) is 9.87. The van der Waals surface area contributed by atoms with Gasteiger partial charge in [0.2, 0.25) is 0 Å². The van der Waals surface area contributed by atoms with Gasteiger partial charge in [0.15, 0.2) is 0 Å². The van der Waals surface area contributed by atoms with Crippen LogP contribution in [-0.2, 0) is 4.74 Å². The van der Waals surface area contributed by atoms with Gasteiger partial charge in [-0.05, 0) is 43.7 Å². The van der Waals surface area contributed by atoms with Crippen molar-refractivity contribution in [1.82, 2.24) is 25.2 Å². The number of rotatable bonds is 5. The summed E-state index contributed by atoms with van der Waals surface area (Å²) in [7, 11) is 0. The number of fused-ring (bicyclic) bond motifs is 1. The van der Waals surface area contributed by atoms with E-state index in [1.54, 1.807) is 18.3 Å². The van der Waals surface area contributed by atoms with Crippen molar-refractivity contribution >= 4 is 16.9 Å². The molecule has 1 fully saturated rings. The summed E-state index contributed by atoms with van der Waals surface area (Å²) < 4.78 is 5.48. The maximum atomic E-state index is 12.8. The largest absolute Gasteiger partial charge is 0.379 e. The number of aryl methyl sites for hydroxylation is 2. The van der Waals surface area contributed by atoms with Crippen molar-refractivity contribution < 1.29 is 9.53 Å². The van der Waals surface area contributed by atoms with Crippen LogP contribution in [0.15, 0.2) is 42.7 Å². The fraction of sp³-hybridized carbons (Fsp3) is 0.364. The zero-order chi connectivity index (χ0) is 20.2. The number of carbonyl (C=O) groups is 1. The molecule has 1 N–H and O–H groups in total. The van der Waals surface area contributed by atoms with Crippen LogP contribution in [0.2, 0.25) is 0 Å². The normalized spacial score (nSPS) is 15.9. The summed E-state index contributed by atoms with van der Waals surface area (Å²) in [5.41, 5.74) is 4.98. The molecule has 7 nitrogen and oxygen atoms in total. The molecule has 1 unspecified atom stereocenters. The van der Waals surface area contributed by atoms with Crippen molar-refractivity contribution in [2.45, 2.75) is 19.9 Å². The number of hydrogen-bond donors (Lipinski definition) is 1. The number of ether oxygens (including phenoxy) is 1. The molecule has 1 saturated heterocycles. The van der Waals surface area contributed by atoms with E-state index in [1.807, 2.05) is 32.2 Å². The quantitative estimate of drug-likeness (QED) is 0.720. The maximum absolute atomic E-state index is 12.8. The first kappa shape index (κ1) is 19.4. The van der Waals surface area contributed by atoms with Gasteiger partial charge in [0, 0.05) is 37.6 Å². The topological polar surface area (TPSA) is 80.2 Å². The highest BCUT2D eigenvalue weighted by molar-refractivity contribution is 5.97. The highest BCUT2D eigenvalue weighted by atomic mass is 16.5. The Morgan fingerprint density at radius 1 is 1.14 bits per heavy atom. The first-order valence-electron chi connectivity index (χ1n) is 9.87. The Bertz CT molecular complexity index is 1000. The van der Waals surface area contributed by atoms with Crippen molar-refractivity contribution in [3.05, 3.63) is 65.2 Å². The molecule has 7 heteroatoms. The van der Waals surface area contributed by atoms with Gasteiger partial charge in [0.25, 0.3) is 5.91 Å². The van der Waals surface area contributed by atoms with E-state index >= 15 is 0 Å². The SMILES string of the molecule is Cc1nc2ccc(C(=O)NCC(c3cccnc3)N3CCOCC3)cc2nc1C. The molecule has 4 rings (SSSR count). The van der Waals surface area contributed by atoms with Gasteiger partial charge in [-0.3, -0.25) is 14.7 Å². The lowest BCUT2D eigenvalue weighted by Crippen LogP contribution is -2.43. The van der Waals surface area contributed by atoms with E-state index in [1.165, 1.54) is 0 Å². The number of hydrogen-bond acceptors (Lipinski definition) is 6. The van der Waals surface area contributed by atoms with Gasteiger partial charge < -0.3 is 10.1 Å². The van der Waals surface area contributed by atoms with E-state index in [-0.39, 0.29) is 11.9 Å². The summed E-state index contributed by atoms with van der Waals surface area (Å²) in [5, 5.41) is 3.09. The lowest BCUT2D eigenvalue weighted by atomic mass is 10.1. The molecule has 0 aliphatic carbocycles. The summed E-state index contributed by atoms with van der Waals surface area (Å²) >= 11 is 0. The standard InChI is InChI=1S/C22H25N5O2/c1-15-16(2)26-20-12-17(5-6-19(20)25-15)22(28)24-14-21(18-4-3-7-23-13-18)27-8-10-29-11-9-27/h3-7,12-13,21H,8-11,14H2,1-2H3,(H,24,28). The number of nitrogens with one attached hydrogen (secondary N) is 1. The lowest BCUT2D eigenvalue weighted by molar-refractivity contribution is 0.0161. The second-order valence-electron chi connectivity index (χ2n) is 7.26. The Labute approximate surface area is 170 Å². The van der Waals surface area contributed by atoms with Gasteiger partial charge in [0.05, 0.1) is 41.7 Å². The second kappa shape index (κ2) is 8.63. The Balaban J connectivity index is 1.51. The number of pyridine rings is 1. The van der Waals surface area contributed by atoms with E-state index in [0.717, 1.165) is 41.1 Å². The molecule has 3 heterocycles. The minimum absolute atomic E-state index is 0.0571. The minimum Gasteiger partial charge on any atom is -0.379 e. The predicted octanol–water partition coefficient (Wildman–Crippen LogP) is 2.44. The highest BCUT2D eigenvalue weighted by Crippen LogP contribution is 2.21. The van der Waals surface area contributed by atoms with Crippen LogP contribution in [0.5, 0.6) is 0 Å². The molecule has 2 aromatic heterocycles. The summed E-state index contributed by atoms with van der Waals surface area (Å²) in [6, 6.07) is 9.49. The zero-order valence-corrected chi connectivity index (χ0v) is 16.8. The molecule has 29 heavy (non-hydrogen) atoms. The van der Waals surface area contributed by atoms with Crippen LogP contribution in [-0.4, -0.2) is 58.6 Å².